The quantitative estimate of drug-likeness (QED) is 0.673. The van der Waals surface area contributed by atoms with Crippen molar-refractivity contribution in [1.29, 1.82) is 0 Å². The normalized spacial score (nSPS) is 12.0. The van der Waals surface area contributed by atoms with Gasteiger partial charge in [-0.15, -0.1) is 0 Å². The summed E-state index contributed by atoms with van der Waals surface area (Å²) in [6, 6.07) is 13.0. The van der Waals surface area contributed by atoms with Crippen molar-refractivity contribution >= 4 is 23.6 Å². The second-order valence-electron chi connectivity index (χ2n) is 5.32. The Kier molecular flexibility index (Phi) is 5.84. The standard InChI is InChI=1S/C19H18FNO3/c1-13-4-3-5-15(12-13)6-11-18(22)24-14(2)19(23)21-17-9-7-16(20)8-10-17/h3-12,14H,1-2H3,(H,21,23)/b11-6+/t14-/m0/s1. The van der Waals surface area contributed by atoms with Crippen LogP contribution in [0, 0.1) is 12.7 Å². The largest absolute Gasteiger partial charge is 0.449 e. The van der Waals surface area contributed by atoms with Crippen LogP contribution < -0.4 is 5.32 Å². The molecule has 2 aromatic carbocycles. The van der Waals surface area contributed by atoms with Gasteiger partial charge < -0.3 is 10.1 Å². The third kappa shape index (κ3) is 5.35. The highest BCUT2D eigenvalue weighted by atomic mass is 19.1. The van der Waals surface area contributed by atoms with Crippen LogP contribution in [0.2, 0.25) is 0 Å². The molecule has 0 radical (unpaired) electrons. The second-order valence-corrected chi connectivity index (χ2v) is 5.32. The maximum Gasteiger partial charge on any atom is 0.331 e. The Hall–Kier alpha value is -2.95. The van der Waals surface area contributed by atoms with E-state index in [1.54, 1.807) is 6.08 Å². The van der Waals surface area contributed by atoms with Crippen molar-refractivity contribution in [3.63, 3.8) is 0 Å². The Morgan fingerprint density at radius 1 is 1.17 bits per heavy atom. The van der Waals surface area contributed by atoms with Gasteiger partial charge in [-0.1, -0.05) is 29.8 Å². The van der Waals surface area contributed by atoms with E-state index in [2.05, 4.69) is 5.32 Å². The summed E-state index contributed by atoms with van der Waals surface area (Å²) in [6.07, 6.45) is 1.93. The number of hydrogen-bond acceptors (Lipinski definition) is 3. The molecule has 0 heterocycles. The molecule has 1 atom stereocenters. The SMILES string of the molecule is Cc1cccc(/C=C/C(=O)O[C@@H](C)C(=O)Nc2ccc(F)cc2)c1. The van der Waals surface area contributed by atoms with E-state index in [1.807, 2.05) is 31.2 Å². The number of amides is 1. The molecule has 0 aliphatic rings. The number of nitrogens with one attached hydrogen (secondary N) is 1. The van der Waals surface area contributed by atoms with Crippen molar-refractivity contribution in [3.8, 4) is 0 Å². The Bertz CT molecular complexity index is 753. The average molecular weight is 327 g/mol. The molecule has 2 rings (SSSR count). The fraction of sp³-hybridized carbons (Fsp3) is 0.158. The van der Waals surface area contributed by atoms with Crippen molar-refractivity contribution in [3.05, 3.63) is 71.6 Å². The Morgan fingerprint density at radius 2 is 1.88 bits per heavy atom. The number of carbonyl (C=O) groups excluding carboxylic acids is 2. The summed E-state index contributed by atoms with van der Waals surface area (Å²) >= 11 is 0. The van der Waals surface area contributed by atoms with E-state index in [0.717, 1.165) is 11.1 Å². The van der Waals surface area contributed by atoms with Gasteiger partial charge in [0, 0.05) is 11.8 Å². The fourth-order valence-electron chi connectivity index (χ4n) is 1.98. The molecule has 0 fully saturated rings. The van der Waals surface area contributed by atoms with Crippen LogP contribution in [0.25, 0.3) is 6.08 Å². The van der Waals surface area contributed by atoms with E-state index < -0.39 is 23.8 Å². The van der Waals surface area contributed by atoms with Gasteiger partial charge in [0.15, 0.2) is 6.10 Å². The number of benzene rings is 2. The maximum absolute atomic E-state index is 12.8. The van der Waals surface area contributed by atoms with E-state index >= 15 is 0 Å². The lowest BCUT2D eigenvalue weighted by molar-refractivity contribution is -0.148. The maximum atomic E-state index is 12.8. The molecule has 5 heteroatoms. The van der Waals surface area contributed by atoms with Crippen LogP contribution in [0.3, 0.4) is 0 Å². The van der Waals surface area contributed by atoms with Crippen LogP contribution >= 0.6 is 0 Å². The first kappa shape index (κ1) is 17.4. The predicted octanol–water partition coefficient (Wildman–Crippen LogP) is 3.72. The highest BCUT2D eigenvalue weighted by Gasteiger charge is 2.16. The highest BCUT2D eigenvalue weighted by molar-refractivity contribution is 5.96. The van der Waals surface area contributed by atoms with E-state index in [9.17, 15) is 14.0 Å². The first-order valence-corrected chi connectivity index (χ1v) is 7.46. The molecule has 1 N–H and O–H groups in total. The number of rotatable bonds is 5. The number of carbonyl (C=O) groups is 2. The van der Waals surface area contributed by atoms with Crippen LogP contribution in [0.15, 0.2) is 54.6 Å². The summed E-state index contributed by atoms with van der Waals surface area (Å²) in [5.41, 5.74) is 2.38. The van der Waals surface area contributed by atoms with Crippen molar-refractivity contribution in [1.82, 2.24) is 0 Å². The molecule has 2 aromatic rings. The summed E-state index contributed by atoms with van der Waals surface area (Å²) in [6.45, 7) is 3.43. The number of esters is 1. The first-order valence-electron chi connectivity index (χ1n) is 7.46. The molecule has 0 aliphatic heterocycles. The Balaban J connectivity index is 1.88. The number of hydrogen-bond donors (Lipinski definition) is 1. The summed E-state index contributed by atoms with van der Waals surface area (Å²) in [7, 11) is 0. The van der Waals surface area contributed by atoms with Gasteiger partial charge in [-0.05, 0) is 49.8 Å². The van der Waals surface area contributed by atoms with Crippen molar-refractivity contribution < 1.29 is 18.7 Å². The van der Waals surface area contributed by atoms with Crippen molar-refractivity contribution in [2.24, 2.45) is 0 Å². The molecule has 0 bridgehead atoms. The molecule has 0 aliphatic carbocycles. The van der Waals surface area contributed by atoms with E-state index in [0.29, 0.717) is 5.69 Å². The fourth-order valence-corrected chi connectivity index (χ4v) is 1.98. The van der Waals surface area contributed by atoms with Crippen LogP contribution in [0.5, 0.6) is 0 Å². The zero-order chi connectivity index (χ0) is 17.5. The van der Waals surface area contributed by atoms with Gasteiger partial charge in [0.25, 0.3) is 5.91 Å². The molecule has 0 aromatic heterocycles. The van der Waals surface area contributed by atoms with Crippen LogP contribution in [0.1, 0.15) is 18.1 Å². The lowest BCUT2D eigenvalue weighted by Crippen LogP contribution is -2.29. The van der Waals surface area contributed by atoms with Crippen molar-refractivity contribution in [2.75, 3.05) is 5.32 Å². The monoisotopic (exact) mass is 327 g/mol. The van der Waals surface area contributed by atoms with Gasteiger partial charge in [-0.25, -0.2) is 9.18 Å². The van der Waals surface area contributed by atoms with E-state index in [1.165, 1.54) is 37.3 Å². The topological polar surface area (TPSA) is 55.4 Å². The van der Waals surface area contributed by atoms with E-state index in [-0.39, 0.29) is 0 Å². The number of ether oxygens (including phenoxy) is 1. The number of aryl methyl sites for hydroxylation is 1. The lowest BCUT2D eigenvalue weighted by atomic mass is 10.1. The summed E-state index contributed by atoms with van der Waals surface area (Å²) < 4.78 is 17.9. The summed E-state index contributed by atoms with van der Waals surface area (Å²) in [4.78, 5) is 23.7. The van der Waals surface area contributed by atoms with Gasteiger partial charge >= 0.3 is 5.97 Å². The van der Waals surface area contributed by atoms with Gasteiger partial charge in [-0.2, -0.15) is 0 Å². The molecular weight excluding hydrogens is 309 g/mol. The molecule has 124 valence electrons. The van der Waals surface area contributed by atoms with Gasteiger partial charge in [-0.3, -0.25) is 4.79 Å². The molecule has 0 spiro atoms. The second kappa shape index (κ2) is 8.06. The number of anilines is 1. The predicted molar refractivity (Wildman–Crippen MR) is 90.8 cm³/mol. The van der Waals surface area contributed by atoms with Crippen LogP contribution in [0.4, 0.5) is 10.1 Å². The lowest BCUT2D eigenvalue weighted by Gasteiger charge is -2.12. The smallest absolute Gasteiger partial charge is 0.331 e. The molecular formula is C19H18FNO3. The number of halogens is 1. The minimum Gasteiger partial charge on any atom is -0.449 e. The minimum atomic E-state index is -0.968. The first-order chi connectivity index (χ1) is 11.4. The Labute approximate surface area is 140 Å². The molecule has 0 saturated carbocycles. The molecule has 0 saturated heterocycles. The van der Waals surface area contributed by atoms with Crippen molar-refractivity contribution in [2.45, 2.75) is 20.0 Å². The average Bonchev–Trinajstić information content (AvgIpc) is 2.55. The molecule has 4 nitrogen and oxygen atoms in total. The summed E-state index contributed by atoms with van der Waals surface area (Å²) in [5, 5.41) is 2.55. The third-order valence-electron chi connectivity index (χ3n) is 3.23. The molecule has 1 amide bonds. The van der Waals surface area contributed by atoms with Gasteiger partial charge in [0.1, 0.15) is 5.82 Å². The minimum absolute atomic E-state index is 0.395. The molecule has 0 unspecified atom stereocenters. The van der Waals surface area contributed by atoms with Crippen LogP contribution in [-0.2, 0) is 14.3 Å². The zero-order valence-electron chi connectivity index (χ0n) is 13.5. The van der Waals surface area contributed by atoms with Gasteiger partial charge in [0.2, 0.25) is 0 Å². The van der Waals surface area contributed by atoms with Crippen LogP contribution in [-0.4, -0.2) is 18.0 Å². The highest BCUT2D eigenvalue weighted by Crippen LogP contribution is 2.10. The zero-order valence-corrected chi connectivity index (χ0v) is 13.5. The van der Waals surface area contributed by atoms with Gasteiger partial charge in [0.05, 0.1) is 0 Å². The molecule has 24 heavy (non-hydrogen) atoms. The summed E-state index contributed by atoms with van der Waals surface area (Å²) in [5.74, 6) is -1.49. The van der Waals surface area contributed by atoms with E-state index in [4.69, 9.17) is 4.74 Å². The Morgan fingerprint density at radius 3 is 2.54 bits per heavy atom. The third-order valence-corrected chi connectivity index (χ3v) is 3.23.